The van der Waals surface area contributed by atoms with Gasteiger partial charge in [0.15, 0.2) is 0 Å². The highest BCUT2D eigenvalue weighted by atomic mass is 32.2. The highest BCUT2D eigenvalue weighted by Gasteiger charge is 2.31. The minimum atomic E-state index is -0.465. The van der Waals surface area contributed by atoms with E-state index in [0.717, 1.165) is 12.1 Å². The Balaban J connectivity index is 1.63. The van der Waals surface area contributed by atoms with Crippen molar-refractivity contribution >= 4 is 51.9 Å². The molecule has 0 bridgehead atoms. The van der Waals surface area contributed by atoms with Crippen molar-refractivity contribution in [3.8, 4) is 0 Å². The summed E-state index contributed by atoms with van der Waals surface area (Å²) in [5.74, 6) is -0.301. The third-order valence-corrected chi connectivity index (χ3v) is 6.88. The van der Waals surface area contributed by atoms with Crippen LogP contribution in [0.4, 0.5) is 8.78 Å². The Hall–Kier alpha value is -1.19. The van der Waals surface area contributed by atoms with E-state index in [1.165, 1.54) is 34.5 Å². The molecule has 0 radical (unpaired) electrons. The number of halogens is 2. The molecule has 2 heterocycles. The predicted molar refractivity (Wildman–Crippen MR) is 99.5 cm³/mol. The predicted octanol–water partition coefficient (Wildman–Crippen LogP) is 2.83. The van der Waals surface area contributed by atoms with Gasteiger partial charge in [0.2, 0.25) is 11.8 Å². The number of hydrogen-bond acceptors (Lipinski definition) is 5. The normalized spacial score (nSPS) is 21.6. The van der Waals surface area contributed by atoms with Crippen LogP contribution < -0.4 is 0 Å². The van der Waals surface area contributed by atoms with E-state index in [1.54, 1.807) is 4.90 Å². The van der Waals surface area contributed by atoms with E-state index in [2.05, 4.69) is 0 Å². The minimum Gasteiger partial charge on any atom is -0.340 e. The Kier molecular flexibility index (Phi) is 5.96. The average molecular weight is 403 g/mol. The van der Waals surface area contributed by atoms with Crippen LogP contribution in [0.15, 0.2) is 18.2 Å². The maximum Gasteiger partial charge on any atom is 0.242 e. The van der Waals surface area contributed by atoms with Gasteiger partial charge in [-0.15, -0.1) is 0 Å². The van der Waals surface area contributed by atoms with Crippen LogP contribution in [-0.4, -0.2) is 57.1 Å². The van der Waals surface area contributed by atoms with Gasteiger partial charge in [-0.05, 0) is 24.6 Å². The van der Waals surface area contributed by atoms with Crippen molar-refractivity contribution in [2.24, 2.45) is 0 Å². The van der Waals surface area contributed by atoms with E-state index in [1.807, 2.05) is 0 Å². The molecule has 134 valence electrons. The average Bonchev–Trinajstić information content (AvgIpc) is 2.80. The van der Waals surface area contributed by atoms with Crippen molar-refractivity contribution in [1.82, 2.24) is 9.80 Å². The Labute approximate surface area is 158 Å². The molecule has 1 aromatic rings. The molecule has 1 aromatic carbocycles. The molecule has 2 aliphatic heterocycles. The quantitative estimate of drug-likeness (QED) is 0.728. The highest BCUT2D eigenvalue weighted by molar-refractivity contribution is 8.23. The lowest BCUT2D eigenvalue weighted by molar-refractivity contribution is -0.135. The van der Waals surface area contributed by atoms with Crippen molar-refractivity contribution in [3.63, 3.8) is 0 Å². The third kappa shape index (κ3) is 4.32. The van der Waals surface area contributed by atoms with Crippen LogP contribution in [0.25, 0.3) is 0 Å². The monoisotopic (exact) mass is 402 g/mol. The minimum absolute atomic E-state index is 0.0473. The number of amides is 2. The van der Waals surface area contributed by atoms with Gasteiger partial charge < -0.3 is 4.90 Å². The summed E-state index contributed by atoms with van der Waals surface area (Å²) in [5.41, 5.74) is 0.339. The second kappa shape index (κ2) is 8.01. The van der Waals surface area contributed by atoms with Crippen LogP contribution in [0.2, 0.25) is 0 Å². The fourth-order valence-corrected chi connectivity index (χ4v) is 5.11. The van der Waals surface area contributed by atoms with Gasteiger partial charge in [-0.3, -0.25) is 14.5 Å². The maximum atomic E-state index is 14.0. The molecular formula is C16H16F2N2O2S3. The molecule has 1 atom stereocenters. The summed E-state index contributed by atoms with van der Waals surface area (Å²) in [6.07, 6.45) is 0.532. The Bertz CT molecular complexity index is 701. The van der Waals surface area contributed by atoms with Crippen molar-refractivity contribution < 1.29 is 18.4 Å². The molecule has 0 unspecified atom stereocenters. The first-order chi connectivity index (χ1) is 12.0. The van der Waals surface area contributed by atoms with Gasteiger partial charge in [-0.1, -0.05) is 24.0 Å². The highest BCUT2D eigenvalue weighted by Crippen LogP contribution is 2.36. The van der Waals surface area contributed by atoms with Crippen LogP contribution >= 0.6 is 35.7 Å². The zero-order chi connectivity index (χ0) is 18.0. The standard InChI is InChI=1S/C16H16F2N2O2S3/c17-10-1-2-12(18)11(7-10)13-3-4-19(5-6-24-13)14(21)8-20-15(22)9-25-16(20)23/h1-2,7,13H,3-6,8-9H2/t13-/m0/s1. The van der Waals surface area contributed by atoms with E-state index in [4.69, 9.17) is 12.2 Å². The summed E-state index contributed by atoms with van der Waals surface area (Å²) in [7, 11) is 0. The summed E-state index contributed by atoms with van der Waals surface area (Å²) in [6, 6.07) is 3.46. The Morgan fingerprint density at radius 3 is 2.84 bits per heavy atom. The van der Waals surface area contributed by atoms with E-state index in [9.17, 15) is 18.4 Å². The SMILES string of the molecule is O=C(CN1C(=O)CSC1=S)N1CCS[C@H](c2cc(F)ccc2F)CC1. The number of hydrogen-bond donors (Lipinski definition) is 0. The summed E-state index contributed by atoms with van der Waals surface area (Å²) < 4.78 is 27.8. The van der Waals surface area contributed by atoms with Crippen LogP contribution in [0.5, 0.6) is 0 Å². The summed E-state index contributed by atoms with van der Waals surface area (Å²) in [5, 5.41) is -0.196. The van der Waals surface area contributed by atoms with Gasteiger partial charge in [0, 0.05) is 29.7 Å². The molecule has 0 aliphatic carbocycles. The first kappa shape index (κ1) is 18.6. The molecule has 0 saturated carbocycles. The smallest absolute Gasteiger partial charge is 0.242 e. The van der Waals surface area contributed by atoms with Crippen molar-refractivity contribution in [2.45, 2.75) is 11.7 Å². The molecular weight excluding hydrogens is 386 g/mol. The summed E-state index contributed by atoms with van der Waals surface area (Å²) in [4.78, 5) is 27.2. The molecule has 9 heteroatoms. The second-order valence-electron chi connectivity index (χ2n) is 5.73. The molecule has 2 saturated heterocycles. The third-order valence-electron chi connectivity index (χ3n) is 4.13. The fraction of sp³-hybridized carbons (Fsp3) is 0.438. The van der Waals surface area contributed by atoms with Crippen LogP contribution in [0, 0.1) is 11.6 Å². The zero-order valence-corrected chi connectivity index (χ0v) is 15.7. The summed E-state index contributed by atoms with van der Waals surface area (Å²) in [6.45, 7) is 0.904. The van der Waals surface area contributed by atoms with Crippen molar-refractivity contribution in [1.29, 1.82) is 0 Å². The molecule has 2 fully saturated rings. The lowest BCUT2D eigenvalue weighted by Gasteiger charge is -2.23. The Morgan fingerprint density at radius 2 is 2.12 bits per heavy atom. The van der Waals surface area contributed by atoms with Gasteiger partial charge in [0.05, 0.1) is 5.75 Å². The van der Waals surface area contributed by atoms with E-state index < -0.39 is 11.6 Å². The molecule has 0 spiro atoms. The molecule has 0 aromatic heterocycles. The fourth-order valence-electron chi connectivity index (χ4n) is 2.80. The number of rotatable bonds is 3. The van der Waals surface area contributed by atoms with E-state index >= 15 is 0 Å². The molecule has 2 amide bonds. The molecule has 3 rings (SSSR count). The topological polar surface area (TPSA) is 40.6 Å². The zero-order valence-electron chi connectivity index (χ0n) is 13.2. The van der Waals surface area contributed by atoms with Crippen LogP contribution in [0.1, 0.15) is 17.2 Å². The second-order valence-corrected chi connectivity index (χ2v) is 8.65. The van der Waals surface area contributed by atoms with Crippen LogP contribution in [0.3, 0.4) is 0 Å². The van der Waals surface area contributed by atoms with Crippen LogP contribution in [-0.2, 0) is 9.59 Å². The maximum absolute atomic E-state index is 14.0. The number of thiocarbonyl (C=S) groups is 1. The van der Waals surface area contributed by atoms with Crippen molar-refractivity contribution in [2.75, 3.05) is 31.1 Å². The number of carbonyl (C=O) groups is 2. The molecule has 4 nitrogen and oxygen atoms in total. The number of benzene rings is 1. The Morgan fingerprint density at radius 1 is 1.32 bits per heavy atom. The molecule has 25 heavy (non-hydrogen) atoms. The summed E-state index contributed by atoms with van der Waals surface area (Å²) >= 11 is 7.87. The van der Waals surface area contributed by atoms with E-state index in [-0.39, 0.29) is 29.4 Å². The first-order valence-electron chi connectivity index (χ1n) is 7.77. The van der Waals surface area contributed by atoms with Gasteiger partial charge in [0.25, 0.3) is 0 Å². The largest absolute Gasteiger partial charge is 0.340 e. The lowest BCUT2D eigenvalue weighted by atomic mass is 10.1. The van der Waals surface area contributed by atoms with Gasteiger partial charge in [-0.2, -0.15) is 11.8 Å². The number of thioether (sulfide) groups is 2. The molecule has 0 N–H and O–H groups in total. The number of nitrogens with zero attached hydrogens (tertiary/aromatic N) is 2. The first-order valence-corrected chi connectivity index (χ1v) is 10.2. The number of carbonyl (C=O) groups excluding carboxylic acids is 2. The molecule has 2 aliphatic rings. The lowest BCUT2D eigenvalue weighted by Crippen LogP contribution is -2.43. The van der Waals surface area contributed by atoms with E-state index in [0.29, 0.717) is 35.1 Å². The van der Waals surface area contributed by atoms with Crippen molar-refractivity contribution in [3.05, 3.63) is 35.4 Å². The van der Waals surface area contributed by atoms with Gasteiger partial charge in [0.1, 0.15) is 22.5 Å². The van der Waals surface area contributed by atoms with Gasteiger partial charge >= 0.3 is 0 Å². The van der Waals surface area contributed by atoms with Gasteiger partial charge in [-0.25, -0.2) is 8.78 Å².